The van der Waals surface area contributed by atoms with E-state index in [1.54, 1.807) is 34.6 Å². The van der Waals surface area contributed by atoms with Crippen LogP contribution in [0.2, 0.25) is 0 Å². The largest absolute Gasteiger partial charge is 0.459 e. The van der Waals surface area contributed by atoms with Gasteiger partial charge < -0.3 is 49.8 Å². The summed E-state index contributed by atoms with van der Waals surface area (Å²) in [6.45, 7) is 12.1. The molecule has 2 bridgehead atoms. The van der Waals surface area contributed by atoms with Gasteiger partial charge in [-0.1, -0.05) is 34.6 Å². The quantitative estimate of drug-likeness (QED) is 0.118. The monoisotopic (exact) mass is 655 g/mol. The summed E-state index contributed by atoms with van der Waals surface area (Å²) in [6, 6.07) is -1.12. The lowest BCUT2D eigenvalue weighted by Gasteiger charge is -2.66. The van der Waals surface area contributed by atoms with E-state index in [-0.39, 0.29) is 30.8 Å². The predicted molar refractivity (Wildman–Crippen MR) is 159 cm³/mol. The Kier molecular flexibility index (Phi) is 9.79. The first kappa shape index (κ1) is 36.2. The van der Waals surface area contributed by atoms with Crippen LogP contribution in [-0.4, -0.2) is 116 Å². The first-order valence-electron chi connectivity index (χ1n) is 15.9. The summed E-state index contributed by atoms with van der Waals surface area (Å²) in [4.78, 5) is 52.6. The molecule has 3 fully saturated rings. The van der Waals surface area contributed by atoms with E-state index in [2.05, 4.69) is 5.32 Å². The Balaban J connectivity index is 1.81. The van der Waals surface area contributed by atoms with Gasteiger partial charge in [0.25, 0.3) is 0 Å². The van der Waals surface area contributed by atoms with Crippen molar-refractivity contribution in [2.24, 2.45) is 22.7 Å². The molecular weight excluding hydrogens is 606 g/mol. The highest BCUT2D eigenvalue weighted by molar-refractivity contribution is 5.93. The number of rotatable bonds is 8. The Morgan fingerprint density at radius 2 is 1.74 bits per heavy atom. The van der Waals surface area contributed by atoms with Gasteiger partial charge in [-0.2, -0.15) is 0 Å². The lowest BCUT2D eigenvalue weighted by Crippen LogP contribution is -2.81. The third-order valence-electron chi connectivity index (χ3n) is 10.9. The maximum Gasteiger partial charge on any atom is 0.407 e. The van der Waals surface area contributed by atoms with Crippen LogP contribution in [-0.2, 0) is 33.3 Å². The van der Waals surface area contributed by atoms with Crippen molar-refractivity contribution in [3.8, 4) is 0 Å². The molecule has 11 atom stereocenters. The Labute approximate surface area is 268 Å². The maximum atomic E-state index is 14.3. The van der Waals surface area contributed by atoms with Gasteiger partial charge in [-0.05, 0) is 37.3 Å². The lowest BCUT2D eigenvalue weighted by molar-refractivity contribution is -0.345. The van der Waals surface area contributed by atoms with Gasteiger partial charge in [-0.3, -0.25) is 9.59 Å². The molecule has 260 valence electrons. The summed E-state index contributed by atoms with van der Waals surface area (Å²) in [7, 11) is 0. The van der Waals surface area contributed by atoms with Crippen LogP contribution in [0.1, 0.15) is 74.7 Å². The van der Waals surface area contributed by atoms with Crippen LogP contribution in [0.25, 0.3) is 0 Å². The minimum atomic E-state index is -2.20. The first-order valence-corrected chi connectivity index (χ1v) is 15.9. The number of carbonyl (C=O) groups excluding carboxylic acids is 4. The molecule has 1 heterocycles. The summed E-state index contributed by atoms with van der Waals surface area (Å²) in [5.74, 6) is -4.76. The zero-order chi connectivity index (χ0) is 34.7. The molecule has 6 N–H and O–H groups in total. The summed E-state index contributed by atoms with van der Waals surface area (Å²) in [5.41, 5.74) is -7.24. The van der Waals surface area contributed by atoms with Gasteiger partial charge in [0.1, 0.15) is 29.5 Å². The fraction of sp³-hybridized carbons (Fsp3) is 0.812. The molecule has 0 aromatic heterocycles. The number of hydrogen-bond donors (Lipinski definition) is 6. The maximum absolute atomic E-state index is 14.3. The van der Waals surface area contributed by atoms with Gasteiger partial charge in [0.2, 0.25) is 0 Å². The van der Waals surface area contributed by atoms with Crippen LogP contribution in [0.3, 0.4) is 0 Å². The van der Waals surface area contributed by atoms with Crippen molar-refractivity contribution in [2.75, 3.05) is 13.2 Å². The number of aliphatic hydroxyl groups is 5. The lowest BCUT2D eigenvalue weighted by atomic mass is 9.45. The zero-order valence-corrected chi connectivity index (χ0v) is 27.7. The van der Waals surface area contributed by atoms with Crippen molar-refractivity contribution in [3.05, 3.63) is 11.1 Å². The van der Waals surface area contributed by atoms with Crippen LogP contribution in [0, 0.1) is 22.7 Å². The number of amides is 1. The fourth-order valence-corrected chi connectivity index (χ4v) is 8.14. The van der Waals surface area contributed by atoms with E-state index in [0.29, 0.717) is 6.42 Å². The molecule has 0 unspecified atom stereocenters. The van der Waals surface area contributed by atoms with Gasteiger partial charge in [-0.25, -0.2) is 9.59 Å². The average molecular weight is 656 g/mol. The van der Waals surface area contributed by atoms with Crippen molar-refractivity contribution in [1.29, 1.82) is 0 Å². The molecule has 1 saturated heterocycles. The van der Waals surface area contributed by atoms with E-state index < -0.39 is 107 Å². The Bertz CT molecular complexity index is 1280. The normalized spacial score (nSPS) is 39.5. The number of Topliss-reactive ketones (excluding diaryl/α,β-unsaturated/α-hetero) is 1. The van der Waals surface area contributed by atoms with Crippen LogP contribution >= 0.6 is 0 Å². The SMILES string of the molecule is CCCOC(=O)N[C@@H](C(C)C)[C@@H](O)C(=O)O[C@H]1C[C@@]2(O)[C@@H](OC(C)=O)[C@@H]3[C@]4(O)CO[C@@H]4C[C@H](O)[C@@]3(C)C(=O)[C@H](O)C(=C1C)C2(C)C. The summed E-state index contributed by atoms with van der Waals surface area (Å²) >= 11 is 0. The van der Waals surface area contributed by atoms with Crippen molar-refractivity contribution >= 4 is 23.8 Å². The minimum Gasteiger partial charge on any atom is -0.459 e. The third-order valence-corrected chi connectivity index (χ3v) is 10.9. The molecule has 4 aliphatic rings. The number of ketones is 1. The number of alkyl carbamates (subject to hydrolysis) is 1. The Morgan fingerprint density at radius 1 is 1.11 bits per heavy atom. The highest BCUT2D eigenvalue weighted by Crippen LogP contribution is 2.63. The number of hydrogen-bond acceptors (Lipinski definition) is 13. The smallest absolute Gasteiger partial charge is 0.407 e. The fourth-order valence-electron chi connectivity index (χ4n) is 8.14. The van der Waals surface area contributed by atoms with Crippen molar-refractivity contribution < 1.29 is 63.7 Å². The number of fused-ring (bicyclic) bond motifs is 5. The number of ether oxygens (including phenoxy) is 4. The molecular formula is C32H49NO13. The van der Waals surface area contributed by atoms with E-state index in [9.17, 15) is 44.7 Å². The Hall–Kier alpha value is -2.62. The van der Waals surface area contributed by atoms with Gasteiger partial charge in [0.15, 0.2) is 11.9 Å². The Morgan fingerprint density at radius 3 is 2.26 bits per heavy atom. The third kappa shape index (κ3) is 5.44. The summed E-state index contributed by atoms with van der Waals surface area (Å²) in [6.07, 6.45) is -10.0. The second-order valence-electron chi connectivity index (χ2n) is 14.4. The molecule has 0 radical (unpaired) electrons. The van der Waals surface area contributed by atoms with E-state index in [4.69, 9.17) is 18.9 Å². The molecule has 14 heteroatoms. The molecule has 14 nitrogen and oxygen atoms in total. The van der Waals surface area contributed by atoms with Crippen molar-refractivity contribution in [2.45, 2.75) is 129 Å². The van der Waals surface area contributed by atoms with Crippen LogP contribution < -0.4 is 5.32 Å². The summed E-state index contributed by atoms with van der Waals surface area (Å²) < 4.78 is 22.1. The average Bonchev–Trinajstić information content (AvgIpc) is 2.96. The molecule has 0 spiro atoms. The van der Waals surface area contributed by atoms with Gasteiger partial charge in [0.05, 0.1) is 36.9 Å². The predicted octanol–water partition coefficient (Wildman–Crippen LogP) is 0.290. The van der Waals surface area contributed by atoms with Gasteiger partial charge in [-0.15, -0.1) is 0 Å². The van der Waals surface area contributed by atoms with E-state index in [1.165, 1.54) is 13.8 Å². The second kappa shape index (κ2) is 12.4. The van der Waals surface area contributed by atoms with Crippen LogP contribution in [0.15, 0.2) is 11.1 Å². The highest BCUT2D eigenvalue weighted by Gasteiger charge is 2.76. The number of aliphatic hydroxyl groups excluding tert-OH is 3. The van der Waals surface area contributed by atoms with Gasteiger partial charge in [0, 0.05) is 31.1 Å². The van der Waals surface area contributed by atoms with E-state index in [1.807, 2.05) is 0 Å². The molecule has 3 aliphatic carbocycles. The first-order chi connectivity index (χ1) is 21.2. The minimum absolute atomic E-state index is 0.0109. The molecule has 1 aliphatic heterocycles. The van der Waals surface area contributed by atoms with E-state index in [0.717, 1.165) is 6.92 Å². The molecule has 0 aromatic rings. The van der Waals surface area contributed by atoms with Crippen molar-refractivity contribution in [3.63, 3.8) is 0 Å². The van der Waals surface area contributed by atoms with Crippen LogP contribution in [0.5, 0.6) is 0 Å². The summed E-state index contributed by atoms with van der Waals surface area (Å²) in [5, 5.41) is 61.3. The molecule has 1 amide bonds. The van der Waals surface area contributed by atoms with E-state index >= 15 is 0 Å². The zero-order valence-electron chi connectivity index (χ0n) is 27.7. The standard InChI is InChI=1S/C32H49NO13/c1-9-10-43-28(40)33-21(14(2)3)23(37)27(39)46-17-12-32(42)26(45-16(5)34)24-30(8,18(35)11-19-31(24,41)13-44-19)25(38)22(36)20(15(17)4)29(32,6)7/h14,17-19,21-24,26,35-37,41-42H,9-13H2,1-8H3,(H,33,40)/t17-,18-,19+,21-,22+,23+,24-,26-,30+,31-,32+/m0/s1. The molecule has 2 saturated carbocycles. The molecule has 46 heavy (non-hydrogen) atoms. The molecule has 4 rings (SSSR count). The van der Waals surface area contributed by atoms with Gasteiger partial charge >= 0.3 is 18.0 Å². The second-order valence-corrected chi connectivity index (χ2v) is 14.4. The molecule has 0 aromatic carbocycles. The number of carbonyl (C=O) groups is 4. The topological polar surface area (TPSA) is 218 Å². The van der Waals surface area contributed by atoms with Crippen molar-refractivity contribution in [1.82, 2.24) is 5.32 Å². The number of esters is 2. The number of nitrogens with one attached hydrogen (secondary N) is 1. The van der Waals surface area contributed by atoms with Crippen LogP contribution in [0.4, 0.5) is 4.79 Å². The highest BCUT2D eigenvalue weighted by atomic mass is 16.6.